The molecule has 0 spiro atoms. The second-order valence-electron chi connectivity index (χ2n) is 8.20. The molecule has 0 aliphatic rings. The summed E-state index contributed by atoms with van der Waals surface area (Å²) < 4.78 is 0. The summed E-state index contributed by atoms with van der Waals surface area (Å²) in [5, 5.41) is 0. The summed E-state index contributed by atoms with van der Waals surface area (Å²) >= 11 is 4.32. The molecule has 0 amide bonds. The van der Waals surface area contributed by atoms with Crippen molar-refractivity contribution in [1.82, 2.24) is 0 Å². The molecule has 0 saturated carbocycles. The van der Waals surface area contributed by atoms with Crippen molar-refractivity contribution in [2.24, 2.45) is 22.2 Å². The van der Waals surface area contributed by atoms with Crippen LogP contribution >= 0.6 is 12.6 Å². The molecule has 2 atom stereocenters. The number of terminal acetylenes is 1. The highest BCUT2D eigenvalue weighted by atomic mass is 32.1. The molecule has 0 rings (SSSR count). The summed E-state index contributed by atoms with van der Waals surface area (Å²) in [4.78, 5) is 0. The first-order valence-corrected chi connectivity index (χ1v) is 8.95. The van der Waals surface area contributed by atoms with E-state index in [0.29, 0.717) is 0 Å². The molecule has 22 heavy (non-hydrogen) atoms. The molecule has 0 aromatic rings. The fourth-order valence-electron chi connectivity index (χ4n) is 3.57. The van der Waals surface area contributed by atoms with Gasteiger partial charge in [-0.3, -0.25) is 0 Å². The zero-order valence-electron chi connectivity index (χ0n) is 15.8. The Morgan fingerprint density at radius 1 is 1.09 bits per heavy atom. The maximum Gasteiger partial charge on any atom is 0.0383 e. The van der Waals surface area contributed by atoms with Crippen molar-refractivity contribution in [1.29, 1.82) is 0 Å². The van der Waals surface area contributed by atoms with Gasteiger partial charge in [-0.25, -0.2) is 0 Å². The molecule has 1 heteroatoms. The van der Waals surface area contributed by atoms with E-state index in [9.17, 15) is 0 Å². The van der Waals surface area contributed by atoms with Crippen molar-refractivity contribution in [3.05, 3.63) is 24.3 Å². The van der Waals surface area contributed by atoms with Gasteiger partial charge in [0, 0.05) is 11.3 Å². The molecule has 2 unspecified atom stereocenters. The third-order valence-corrected chi connectivity index (χ3v) is 6.24. The standard InChI is InChI=1S/C21H36S/c1-11-16(2)18(4)20(8,9)21(10,19(5,6)7)17(3)14-12-13-15-22/h1,16,22H,3-4,12-15H2,2,5-10H3. The lowest BCUT2D eigenvalue weighted by Crippen LogP contribution is -2.48. The highest BCUT2D eigenvalue weighted by Gasteiger charge is 2.52. The van der Waals surface area contributed by atoms with Crippen LogP contribution in [0.5, 0.6) is 0 Å². The average Bonchev–Trinajstić information content (AvgIpc) is 2.43. The molecule has 0 aliphatic heterocycles. The SMILES string of the molecule is C#CC(C)C(=C)C(C)(C)C(C)(C(=C)CCCCS)C(C)(C)C. The highest BCUT2D eigenvalue weighted by Crippen LogP contribution is 2.60. The summed E-state index contributed by atoms with van der Waals surface area (Å²) in [5.41, 5.74) is 2.32. The highest BCUT2D eigenvalue weighted by molar-refractivity contribution is 7.80. The number of hydrogen-bond acceptors (Lipinski definition) is 1. The smallest absolute Gasteiger partial charge is 0.0383 e. The lowest BCUT2D eigenvalue weighted by molar-refractivity contribution is 0.0297. The van der Waals surface area contributed by atoms with Gasteiger partial charge in [0.05, 0.1) is 0 Å². The van der Waals surface area contributed by atoms with Crippen LogP contribution in [0.4, 0.5) is 0 Å². The fraction of sp³-hybridized carbons (Fsp3) is 0.714. The van der Waals surface area contributed by atoms with Gasteiger partial charge in [-0.05, 0) is 42.8 Å². The minimum absolute atomic E-state index is 0.0706. The largest absolute Gasteiger partial charge is 0.179 e. The minimum atomic E-state index is -0.116. The van der Waals surface area contributed by atoms with E-state index < -0.39 is 0 Å². The van der Waals surface area contributed by atoms with Gasteiger partial charge < -0.3 is 0 Å². The average molecular weight is 321 g/mol. The summed E-state index contributed by atoms with van der Waals surface area (Å²) in [6.45, 7) is 24.7. The summed E-state index contributed by atoms with van der Waals surface area (Å²) in [6.07, 6.45) is 8.96. The Balaban J connectivity index is 5.77. The van der Waals surface area contributed by atoms with Crippen LogP contribution in [-0.4, -0.2) is 5.75 Å². The molecular formula is C21H36S. The van der Waals surface area contributed by atoms with Crippen LogP contribution in [0.3, 0.4) is 0 Å². The van der Waals surface area contributed by atoms with E-state index in [1.165, 1.54) is 5.57 Å². The molecule has 126 valence electrons. The first kappa shape index (κ1) is 21.4. The molecule has 0 heterocycles. The quantitative estimate of drug-likeness (QED) is 0.223. The number of rotatable bonds is 8. The monoisotopic (exact) mass is 320 g/mol. The van der Waals surface area contributed by atoms with Crippen molar-refractivity contribution in [3.63, 3.8) is 0 Å². The molecule has 0 nitrogen and oxygen atoms in total. The third-order valence-electron chi connectivity index (χ3n) is 5.92. The van der Waals surface area contributed by atoms with Gasteiger partial charge in [0.15, 0.2) is 0 Å². The van der Waals surface area contributed by atoms with Crippen LogP contribution in [-0.2, 0) is 0 Å². The van der Waals surface area contributed by atoms with Gasteiger partial charge in [0.1, 0.15) is 0 Å². The maximum atomic E-state index is 5.65. The van der Waals surface area contributed by atoms with Crippen molar-refractivity contribution in [2.75, 3.05) is 5.75 Å². The van der Waals surface area contributed by atoms with Crippen LogP contribution in [0.15, 0.2) is 24.3 Å². The number of hydrogen-bond donors (Lipinski definition) is 1. The lowest BCUT2D eigenvalue weighted by Gasteiger charge is -2.56. The van der Waals surface area contributed by atoms with Crippen molar-refractivity contribution < 1.29 is 0 Å². The first-order valence-electron chi connectivity index (χ1n) is 8.32. The van der Waals surface area contributed by atoms with E-state index in [4.69, 9.17) is 6.42 Å². The van der Waals surface area contributed by atoms with Crippen LogP contribution < -0.4 is 0 Å². The number of thiol groups is 1. The fourth-order valence-corrected chi connectivity index (χ4v) is 3.80. The van der Waals surface area contributed by atoms with E-state index in [-0.39, 0.29) is 22.2 Å². The topological polar surface area (TPSA) is 0 Å². The maximum absolute atomic E-state index is 5.65. The Morgan fingerprint density at radius 3 is 1.95 bits per heavy atom. The van der Waals surface area contributed by atoms with Crippen molar-refractivity contribution in [2.45, 2.75) is 67.7 Å². The number of allylic oxidation sites excluding steroid dienone is 2. The Bertz CT molecular complexity index is 442. The molecule has 0 radical (unpaired) electrons. The first-order chi connectivity index (χ1) is 9.87. The predicted octanol–water partition coefficient (Wildman–Crippen LogP) is 6.55. The predicted molar refractivity (Wildman–Crippen MR) is 105 cm³/mol. The van der Waals surface area contributed by atoms with Crippen LogP contribution in [0.2, 0.25) is 0 Å². The zero-order chi connectivity index (χ0) is 17.8. The van der Waals surface area contributed by atoms with E-state index in [2.05, 4.69) is 80.2 Å². The molecule has 0 aliphatic carbocycles. The molecule has 0 aromatic carbocycles. The van der Waals surface area contributed by atoms with Gasteiger partial charge in [-0.2, -0.15) is 12.6 Å². The van der Waals surface area contributed by atoms with Gasteiger partial charge in [0.25, 0.3) is 0 Å². The summed E-state index contributed by atoms with van der Waals surface area (Å²) in [6, 6.07) is 0. The van der Waals surface area contributed by atoms with E-state index in [1.807, 2.05) is 0 Å². The summed E-state index contributed by atoms with van der Waals surface area (Å²) in [7, 11) is 0. The molecule has 0 bridgehead atoms. The van der Waals surface area contributed by atoms with E-state index in [1.54, 1.807) is 0 Å². The van der Waals surface area contributed by atoms with Crippen LogP contribution in [0.25, 0.3) is 0 Å². The normalized spacial score (nSPS) is 16.5. The van der Waals surface area contributed by atoms with Crippen molar-refractivity contribution in [3.8, 4) is 12.3 Å². The van der Waals surface area contributed by atoms with Gasteiger partial charge in [-0.15, -0.1) is 6.42 Å². The van der Waals surface area contributed by atoms with Crippen molar-refractivity contribution >= 4 is 12.6 Å². The second kappa shape index (κ2) is 7.78. The van der Waals surface area contributed by atoms with Crippen LogP contribution in [0, 0.1) is 34.5 Å². The van der Waals surface area contributed by atoms with Gasteiger partial charge in [0.2, 0.25) is 0 Å². The Hall–Kier alpha value is -0.610. The Labute approximate surface area is 145 Å². The van der Waals surface area contributed by atoms with Crippen LogP contribution in [0.1, 0.15) is 67.7 Å². The molecule has 0 saturated heterocycles. The minimum Gasteiger partial charge on any atom is -0.179 e. The molecular weight excluding hydrogens is 284 g/mol. The molecule has 0 N–H and O–H groups in total. The Kier molecular flexibility index (Phi) is 7.56. The molecule has 0 fully saturated rings. The van der Waals surface area contributed by atoms with Gasteiger partial charge in [-0.1, -0.05) is 71.8 Å². The van der Waals surface area contributed by atoms with E-state index in [0.717, 1.165) is 30.6 Å². The zero-order valence-corrected chi connectivity index (χ0v) is 16.7. The Morgan fingerprint density at radius 2 is 1.59 bits per heavy atom. The summed E-state index contributed by atoms with van der Waals surface area (Å²) in [5.74, 6) is 3.85. The van der Waals surface area contributed by atoms with Gasteiger partial charge >= 0.3 is 0 Å². The second-order valence-corrected chi connectivity index (χ2v) is 8.65. The number of unbranched alkanes of at least 4 members (excludes halogenated alkanes) is 1. The van der Waals surface area contributed by atoms with E-state index >= 15 is 0 Å². The lowest BCUT2D eigenvalue weighted by atomic mass is 9.48. The third kappa shape index (κ3) is 4.02. The molecule has 0 aromatic heterocycles.